The lowest BCUT2D eigenvalue weighted by Crippen LogP contribution is -2.54. The van der Waals surface area contributed by atoms with Crippen LogP contribution in [0, 0.1) is 11.7 Å². The van der Waals surface area contributed by atoms with Crippen molar-refractivity contribution in [2.45, 2.75) is 12.8 Å². The van der Waals surface area contributed by atoms with Crippen molar-refractivity contribution in [1.29, 1.82) is 0 Å². The Bertz CT molecular complexity index is 1020. The maximum Gasteiger partial charge on any atom is 0.253 e. The molecule has 0 aliphatic carbocycles. The smallest absolute Gasteiger partial charge is 0.253 e. The molecule has 9 heteroatoms. The molecule has 2 aliphatic rings. The van der Waals surface area contributed by atoms with Crippen LogP contribution in [-0.4, -0.2) is 78.2 Å². The number of nitrogens with zero attached hydrogens (tertiary/aromatic N) is 3. The van der Waals surface area contributed by atoms with Crippen LogP contribution in [0.5, 0.6) is 0 Å². The van der Waals surface area contributed by atoms with E-state index < -0.39 is 0 Å². The van der Waals surface area contributed by atoms with Gasteiger partial charge in [0.25, 0.3) is 5.91 Å². The molecule has 1 N–H and O–H groups in total. The van der Waals surface area contributed by atoms with Gasteiger partial charge < -0.3 is 15.1 Å². The maximum absolute atomic E-state index is 13.1. The predicted octanol–water partition coefficient (Wildman–Crippen LogP) is 3.11. The number of likely N-dealkylation sites (tertiary alicyclic amines) is 1. The Hall–Kier alpha value is -2.97. The van der Waals surface area contributed by atoms with E-state index in [-0.39, 0.29) is 36.0 Å². The largest absolute Gasteiger partial charge is 0.340 e. The van der Waals surface area contributed by atoms with Crippen LogP contribution < -0.4 is 5.32 Å². The quantitative estimate of drug-likeness (QED) is 0.705. The van der Waals surface area contributed by atoms with Gasteiger partial charge in [-0.1, -0.05) is 11.6 Å². The van der Waals surface area contributed by atoms with Crippen molar-refractivity contribution in [3.8, 4) is 0 Å². The van der Waals surface area contributed by atoms with Gasteiger partial charge in [-0.15, -0.1) is 0 Å². The SMILES string of the molecule is O=C(CN1CCN(C(=O)[C@@H]2CCCN(C(=O)c3ccc(Cl)cc3)C2)CC1)Nc1ccc(F)cc1. The molecular weight excluding hydrogens is 459 g/mol. The molecule has 7 nitrogen and oxygen atoms in total. The molecule has 1 atom stereocenters. The first kappa shape index (κ1) is 24.2. The molecular formula is C25H28ClFN4O3. The fourth-order valence-corrected chi connectivity index (χ4v) is 4.59. The molecule has 2 aromatic carbocycles. The first-order valence-electron chi connectivity index (χ1n) is 11.5. The normalized spacial score (nSPS) is 19.1. The zero-order chi connectivity index (χ0) is 24.1. The summed E-state index contributed by atoms with van der Waals surface area (Å²) in [7, 11) is 0. The number of piperazine rings is 1. The van der Waals surface area contributed by atoms with Gasteiger partial charge in [-0.3, -0.25) is 19.3 Å². The minimum atomic E-state index is -0.353. The van der Waals surface area contributed by atoms with E-state index in [2.05, 4.69) is 5.32 Å². The average Bonchev–Trinajstić information content (AvgIpc) is 2.85. The number of amides is 3. The molecule has 0 aromatic heterocycles. The Morgan fingerprint density at radius 3 is 2.26 bits per heavy atom. The third-order valence-corrected chi connectivity index (χ3v) is 6.58. The van der Waals surface area contributed by atoms with Crippen LogP contribution in [0.4, 0.5) is 10.1 Å². The molecule has 2 aromatic rings. The van der Waals surface area contributed by atoms with Crippen molar-refractivity contribution in [3.05, 3.63) is 64.9 Å². The summed E-state index contributed by atoms with van der Waals surface area (Å²) in [6, 6.07) is 12.5. The summed E-state index contributed by atoms with van der Waals surface area (Å²) in [6.45, 7) is 3.56. The molecule has 0 spiro atoms. The second-order valence-electron chi connectivity index (χ2n) is 8.75. The van der Waals surface area contributed by atoms with E-state index in [0.717, 1.165) is 12.8 Å². The van der Waals surface area contributed by atoms with Crippen LogP contribution >= 0.6 is 11.6 Å². The summed E-state index contributed by atoms with van der Waals surface area (Å²) < 4.78 is 13.0. The fourth-order valence-electron chi connectivity index (χ4n) is 4.46. The van der Waals surface area contributed by atoms with E-state index in [9.17, 15) is 18.8 Å². The fraction of sp³-hybridized carbons (Fsp3) is 0.400. The zero-order valence-corrected chi connectivity index (χ0v) is 19.6. The Morgan fingerprint density at radius 1 is 0.912 bits per heavy atom. The summed E-state index contributed by atoms with van der Waals surface area (Å²) >= 11 is 5.92. The maximum atomic E-state index is 13.1. The van der Waals surface area contributed by atoms with Gasteiger partial charge in [-0.05, 0) is 61.4 Å². The lowest BCUT2D eigenvalue weighted by Gasteiger charge is -2.38. The van der Waals surface area contributed by atoms with E-state index in [1.165, 1.54) is 24.3 Å². The molecule has 34 heavy (non-hydrogen) atoms. The summed E-state index contributed by atoms with van der Waals surface area (Å²) in [6.07, 6.45) is 1.56. The number of nitrogens with one attached hydrogen (secondary N) is 1. The summed E-state index contributed by atoms with van der Waals surface area (Å²) in [4.78, 5) is 43.9. The minimum absolute atomic E-state index is 0.0732. The van der Waals surface area contributed by atoms with Crippen LogP contribution in [0.25, 0.3) is 0 Å². The van der Waals surface area contributed by atoms with Crippen LogP contribution in [0.2, 0.25) is 5.02 Å². The molecule has 2 saturated heterocycles. The number of hydrogen-bond donors (Lipinski definition) is 1. The van der Waals surface area contributed by atoms with Crippen LogP contribution in [0.15, 0.2) is 48.5 Å². The van der Waals surface area contributed by atoms with Gasteiger partial charge in [0.15, 0.2) is 0 Å². The highest BCUT2D eigenvalue weighted by Gasteiger charge is 2.33. The number of anilines is 1. The van der Waals surface area contributed by atoms with Gasteiger partial charge in [0.05, 0.1) is 12.5 Å². The van der Waals surface area contributed by atoms with E-state index in [4.69, 9.17) is 11.6 Å². The van der Waals surface area contributed by atoms with E-state index in [0.29, 0.717) is 55.5 Å². The van der Waals surface area contributed by atoms with Crippen molar-refractivity contribution in [2.24, 2.45) is 5.92 Å². The molecule has 0 radical (unpaired) electrons. The molecule has 2 fully saturated rings. The van der Waals surface area contributed by atoms with Crippen LogP contribution in [0.1, 0.15) is 23.2 Å². The van der Waals surface area contributed by atoms with Gasteiger partial charge in [0.2, 0.25) is 11.8 Å². The van der Waals surface area contributed by atoms with Crippen LogP contribution in [0.3, 0.4) is 0 Å². The molecule has 2 aliphatic heterocycles. The lowest BCUT2D eigenvalue weighted by molar-refractivity contribution is -0.138. The average molecular weight is 487 g/mol. The molecule has 4 rings (SSSR count). The van der Waals surface area contributed by atoms with Crippen LogP contribution in [-0.2, 0) is 9.59 Å². The number of benzene rings is 2. The molecule has 0 unspecified atom stereocenters. The highest BCUT2D eigenvalue weighted by atomic mass is 35.5. The van der Waals surface area contributed by atoms with Gasteiger partial charge in [0, 0.05) is 55.5 Å². The Kier molecular flexibility index (Phi) is 7.80. The number of carbonyl (C=O) groups excluding carboxylic acids is 3. The first-order valence-corrected chi connectivity index (χ1v) is 11.9. The van der Waals surface area contributed by atoms with E-state index >= 15 is 0 Å². The molecule has 180 valence electrons. The lowest BCUT2D eigenvalue weighted by atomic mass is 9.95. The third kappa shape index (κ3) is 6.12. The monoisotopic (exact) mass is 486 g/mol. The van der Waals surface area contributed by atoms with E-state index in [1.807, 2.05) is 9.80 Å². The van der Waals surface area contributed by atoms with Crippen molar-refractivity contribution in [1.82, 2.24) is 14.7 Å². The zero-order valence-electron chi connectivity index (χ0n) is 18.9. The molecule has 0 bridgehead atoms. The Balaban J connectivity index is 1.24. The minimum Gasteiger partial charge on any atom is -0.340 e. The van der Waals surface area contributed by atoms with Gasteiger partial charge in [-0.25, -0.2) is 4.39 Å². The second kappa shape index (κ2) is 11.0. The molecule has 3 amide bonds. The third-order valence-electron chi connectivity index (χ3n) is 6.33. The molecule has 2 heterocycles. The summed E-state index contributed by atoms with van der Waals surface area (Å²) in [5.74, 6) is -0.738. The summed E-state index contributed by atoms with van der Waals surface area (Å²) in [5.41, 5.74) is 1.13. The molecule has 0 saturated carbocycles. The van der Waals surface area contributed by atoms with Crippen molar-refractivity contribution in [3.63, 3.8) is 0 Å². The first-order chi connectivity index (χ1) is 16.4. The predicted molar refractivity (Wildman–Crippen MR) is 128 cm³/mol. The number of rotatable bonds is 5. The second-order valence-corrected chi connectivity index (χ2v) is 9.19. The number of piperidine rings is 1. The highest BCUT2D eigenvalue weighted by Crippen LogP contribution is 2.22. The van der Waals surface area contributed by atoms with Gasteiger partial charge in [-0.2, -0.15) is 0 Å². The number of carbonyl (C=O) groups is 3. The van der Waals surface area contributed by atoms with Gasteiger partial charge >= 0.3 is 0 Å². The van der Waals surface area contributed by atoms with Crippen molar-refractivity contribution >= 4 is 35.0 Å². The topological polar surface area (TPSA) is 73.0 Å². The number of hydrogen-bond acceptors (Lipinski definition) is 4. The Labute approximate surface area is 203 Å². The number of halogens is 2. The standard InChI is InChI=1S/C25H28ClFN4O3/c26-20-5-3-18(4-6-20)24(33)31-11-1-2-19(16-31)25(34)30-14-12-29(13-15-30)17-23(32)28-22-9-7-21(27)8-10-22/h3-10,19H,1-2,11-17H2,(H,28,32)/t19-/m1/s1. The van der Waals surface area contributed by atoms with E-state index in [1.54, 1.807) is 29.2 Å². The van der Waals surface area contributed by atoms with Crippen molar-refractivity contribution < 1.29 is 18.8 Å². The van der Waals surface area contributed by atoms with Gasteiger partial charge in [0.1, 0.15) is 5.82 Å². The Morgan fingerprint density at radius 2 is 1.59 bits per heavy atom. The highest BCUT2D eigenvalue weighted by molar-refractivity contribution is 6.30. The van der Waals surface area contributed by atoms with Crippen molar-refractivity contribution in [2.75, 3.05) is 51.1 Å². The summed E-state index contributed by atoms with van der Waals surface area (Å²) in [5, 5.41) is 3.34.